The summed E-state index contributed by atoms with van der Waals surface area (Å²) < 4.78 is 26.9. The van der Waals surface area contributed by atoms with Crippen LogP contribution in [0.25, 0.3) is 11.1 Å². The summed E-state index contributed by atoms with van der Waals surface area (Å²) in [6, 6.07) is 23.1. The van der Waals surface area contributed by atoms with Crippen LogP contribution >= 0.6 is 0 Å². The molecular formula is C32H38O7. The van der Waals surface area contributed by atoms with Gasteiger partial charge in [0.2, 0.25) is 0 Å². The molecule has 0 radical (unpaired) electrons. The summed E-state index contributed by atoms with van der Waals surface area (Å²) in [4.78, 5) is 24.3. The van der Waals surface area contributed by atoms with Crippen molar-refractivity contribution in [2.45, 2.75) is 26.7 Å². The molecule has 7 nitrogen and oxygen atoms in total. The molecule has 0 spiro atoms. The lowest BCUT2D eigenvalue weighted by Crippen LogP contribution is -2.18. The highest BCUT2D eigenvalue weighted by molar-refractivity contribution is 5.97. The highest BCUT2D eigenvalue weighted by Crippen LogP contribution is 2.23. The molecule has 1 unspecified atom stereocenters. The number of ether oxygens (including phenoxy) is 5. The summed E-state index contributed by atoms with van der Waals surface area (Å²) in [5.74, 6) is 1.28. The molecular weight excluding hydrogens is 496 g/mol. The van der Waals surface area contributed by atoms with E-state index in [1.165, 1.54) is 0 Å². The van der Waals surface area contributed by atoms with Gasteiger partial charge in [0.15, 0.2) is 5.78 Å². The van der Waals surface area contributed by atoms with E-state index < -0.39 is 0 Å². The maximum atomic E-state index is 12.7. The molecule has 0 aliphatic heterocycles. The van der Waals surface area contributed by atoms with E-state index in [0.717, 1.165) is 28.9 Å². The smallest absolute Gasteiger partial charge is 0.308 e. The van der Waals surface area contributed by atoms with E-state index in [1.807, 2.05) is 62.4 Å². The third-order valence-electron chi connectivity index (χ3n) is 6.27. The standard InChI is InChI=1S/C32H38O7/c1-4-24(2)32(34)39-22-20-37-18-17-36-19-21-38-30-15-11-28(12-16-30)31(33)23-25-5-7-26(8-6-25)27-9-13-29(35-3)14-10-27/h5-16,24H,4,17-23H2,1-3H3. The second-order valence-corrected chi connectivity index (χ2v) is 9.10. The molecule has 3 aromatic rings. The quantitative estimate of drug-likeness (QED) is 0.123. The first-order valence-corrected chi connectivity index (χ1v) is 13.3. The SMILES string of the molecule is CCC(C)C(=O)OCCOCCOCCOc1ccc(C(=O)Cc2ccc(-c3ccc(OC)cc3)cc2)cc1. The maximum absolute atomic E-state index is 12.7. The molecule has 7 heteroatoms. The molecule has 208 valence electrons. The second-order valence-electron chi connectivity index (χ2n) is 9.10. The van der Waals surface area contributed by atoms with Crippen LogP contribution in [0.4, 0.5) is 0 Å². The fourth-order valence-electron chi connectivity index (χ4n) is 3.67. The maximum Gasteiger partial charge on any atom is 0.308 e. The lowest BCUT2D eigenvalue weighted by molar-refractivity contribution is -0.149. The Morgan fingerprint density at radius 2 is 1.23 bits per heavy atom. The fraction of sp³-hybridized carbons (Fsp3) is 0.375. The van der Waals surface area contributed by atoms with Crippen LogP contribution < -0.4 is 9.47 Å². The van der Waals surface area contributed by atoms with E-state index in [0.29, 0.717) is 50.8 Å². The van der Waals surface area contributed by atoms with Crippen LogP contribution in [0.3, 0.4) is 0 Å². The summed E-state index contributed by atoms with van der Waals surface area (Å²) in [6.45, 7) is 6.05. The molecule has 0 fully saturated rings. The van der Waals surface area contributed by atoms with Gasteiger partial charge in [-0.15, -0.1) is 0 Å². The van der Waals surface area contributed by atoms with Crippen molar-refractivity contribution in [1.82, 2.24) is 0 Å². The van der Waals surface area contributed by atoms with E-state index >= 15 is 0 Å². The number of methoxy groups -OCH3 is 1. The predicted molar refractivity (Wildman–Crippen MR) is 150 cm³/mol. The van der Waals surface area contributed by atoms with Crippen molar-refractivity contribution < 1.29 is 33.3 Å². The normalized spacial score (nSPS) is 11.6. The number of carbonyl (C=O) groups excluding carboxylic acids is 2. The first-order chi connectivity index (χ1) is 19.0. The topological polar surface area (TPSA) is 80.3 Å². The van der Waals surface area contributed by atoms with Gasteiger partial charge in [-0.25, -0.2) is 0 Å². The van der Waals surface area contributed by atoms with Gasteiger partial charge in [0.1, 0.15) is 24.7 Å². The first-order valence-electron chi connectivity index (χ1n) is 13.3. The van der Waals surface area contributed by atoms with Gasteiger partial charge < -0.3 is 23.7 Å². The van der Waals surface area contributed by atoms with E-state index in [2.05, 4.69) is 0 Å². The average Bonchev–Trinajstić information content (AvgIpc) is 2.98. The number of carbonyl (C=O) groups is 2. The minimum absolute atomic E-state index is 0.0525. The molecule has 0 N–H and O–H groups in total. The molecule has 0 saturated carbocycles. The lowest BCUT2D eigenvalue weighted by atomic mass is 9.99. The van der Waals surface area contributed by atoms with Gasteiger partial charge in [0.25, 0.3) is 0 Å². The number of benzene rings is 3. The Kier molecular flexibility index (Phi) is 12.5. The molecule has 1 atom stereocenters. The average molecular weight is 535 g/mol. The van der Waals surface area contributed by atoms with Gasteiger partial charge in [-0.05, 0) is 59.5 Å². The molecule has 0 bridgehead atoms. The zero-order valence-corrected chi connectivity index (χ0v) is 23.0. The Labute approximate surface area is 231 Å². The van der Waals surface area contributed by atoms with E-state index in [-0.39, 0.29) is 24.3 Å². The largest absolute Gasteiger partial charge is 0.497 e. The van der Waals surface area contributed by atoms with Crippen molar-refractivity contribution in [3.05, 3.63) is 83.9 Å². The van der Waals surface area contributed by atoms with Gasteiger partial charge in [0.05, 0.1) is 39.5 Å². The number of esters is 1. The molecule has 0 aliphatic carbocycles. The van der Waals surface area contributed by atoms with Crippen molar-refractivity contribution in [2.75, 3.05) is 46.8 Å². The number of Topliss-reactive ketones (excluding diaryl/α,β-unsaturated/α-hetero) is 1. The molecule has 3 aromatic carbocycles. The minimum Gasteiger partial charge on any atom is -0.497 e. The van der Waals surface area contributed by atoms with Crippen LogP contribution in [-0.4, -0.2) is 58.5 Å². The van der Waals surface area contributed by atoms with Crippen LogP contribution in [0.5, 0.6) is 11.5 Å². The Morgan fingerprint density at radius 1 is 0.692 bits per heavy atom. The van der Waals surface area contributed by atoms with Crippen molar-refractivity contribution >= 4 is 11.8 Å². The zero-order valence-electron chi connectivity index (χ0n) is 23.0. The molecule has 39 heavy (non-hydrogen) atoms. The van der Waals surface area contributed by atoms with Crippen molar-refractivity contribution in [2.24, 2.45) is 5.92 Å². The Morgan fingerprint density at radius 3 is 1.82 bits per heavy atom. The van der Waals surface area contributed by atoms with Crippen molar-refractivity contribution in [3.8, 4) is 22.6 Å². The summed E-state index contributed by atoms with van der Waals surface area (Å²) in [5.41, 5.74) is 3.79. The van der Waals surface area contributed by atoms with Crippen LogP contribution in [-0.2, 0) is 25.4 Å². The van der Waals surface area contributed by atoms with Crippen molar-refractivity contribution in [3.63, 3.8) is 0 Å². The molecule has 0 amide bonds. The van der Waals surface area contributed by atoms with Gasteiger partial charge in [-0.2, -0.15) is 0 Å². The summed E-state index contributed by atoms with van der Waals surface area (Å²) in [5, 5.41) is 0. The van der Waals surface area contributed by atoms with Gasteiger partial charge >= 0.3 is 5.97 Å². The van der Waals surface area contributed by atoms with Gasteiger partial charge in [0, 0.05) is 12.0 Å². The second kappa shape index (κ2) is 16.3. The summed E-state index contributed by atoms with van der Waals surface area (Å²) in [6.07, 6.45) is 1.10. The van der Waals surface area contributed by atoms with E-state index in [4.69, 9.17) is 23.7 Å². The number of ketones is 1. The highest BCUT2D eigenvalue weighted by Gasteiger charge is 2.11. The Balaban J connectivity index is 1.30. The fourth-order valence-corrected chi connectivity index (χ4v) is 3.67. The van der Waals surface area contributed by atoms with Crippen molar-refractivity contribution in [1.29, 1.82) is 0 Å². The number of hydrogen-bond acceptors (Lipinski definition) is 7. The minimum atomic E-state index is -0.192. The first kappa shape index (κ1) is 29.9. The predicted octanol–water partition coefficient (Wildman–Crippen LogP) is 5.79. The molecule has 0 aliphatic rings. The number of hydrogen-bond donors (Lipinski definition) is 0. The molecule has 0 aromatic heterocycles. The third kappa shape index (κ3) is 10.2. The van der Waals surface area contributed by atoms with E-state index in [1.54, 1.807) is 31.4 Å². The number of rotatable bonds is 17. The van der Waals surface area contributed by atoms with Crippen LogP contribution in [0.15, 0.2) is 72.8 Å². The highest BCUT2D eigenvalue weighted by atomic mass is 16.6. The van der Waals surface area contributed by atoms with Crippen LogP contribution in [0, 0.1) is 5.92 Å². The Bertz CT molecular complexity index is 1140. The third-order valence-corrected chi connectivity index (χ3v) is 6.27. The lowest BCUT2D eigenvalue weighted by Gasteiger charge is -2.10. The van der Waals surface area contributed by atoms with Gasteiger partial charge in [-0.1, -0.05) is 50.2 Å². The Hall–Kier alpha value is -3.68. The molecule has 3 rings (SSSR count). The monoisotopic (exact) mass is 534 g/mol. The van der Waals surface area contributed by atoms with E-state index in [9.17, 15) is 9.59 Å². The summed E-state index contributed by atoms with van der Waals surface area (Å²) >= 11 is 0. The zero-order chi connectivity index (χ0) is 27.9. The molecule has 0 saturated heterocycles. The van der Waals surface area contributed by atoms with Gasteiger partial charge in [-0.3, -0.25) is 9.59 Å². The van der Waals surface area contributed by atoms with Crippen LogP contribution in [0.1, 0.15) is 36.2 Å². The summed E-state index contributed by atoms with van der Waals surface area (Å²) in [7, 11) is 1.65. The molecule has 0 heterocycles. The van der Waals surface area contributed by atoms with Crippen LogP contribution in [0.2, 0.25) is 0 Å².